The third-order valence-electron chi connectivity index (χ3n) is 1.77. The molecule has 0 aliphatic carbocycles. The zero-order valence-electron chi connectivity index (χ0n) is 9.37. The van der Waals surface area contributed by atoms with Crippen molar-refractivity contribution in [1.82, 2.24) is 0 Å². The molecule has 15 heavy (non-hydrogen) atoms. The molecule has 0 saturated carbocycles. The summed E-state index contributed by atoms with van der Waals surface area (Å²) < 4.78 is 5.76. The van der Waals surface area contributed by atoms with Crippen LogP contribution < -0.4 is 0 Å². The van der Waals surface area contributed by atoms with Crippen LogP contribution in [0.3, 0.4) is 0 Å². The molecule has 0 saturated heterocycles. The fraction of sp³-hybridized carbons (Fsp3) is 0.250. The molecule has 0 bridgehead atoms. The average molecular weight is 217 g/mol. The van der Waals surface area contributed by atoms with Gasteiger partial charge in [0.1, 0.15) is 5.76 Å². The molecule has 0 atom stereocenters. The van der Waals surface area contributed by atoms with Crippen LogP contribution in [0.4, 0.5) is 0 Å². The highest BCUT2D eigenvalue weighted by atomic mass is 28.4. The molecule has 0 unspecified atom stereocenters. The number of hydrogen-bond acceptors (Lipinski definition) is 2. The molecule has 2 nitrogen and oxygen atoms in total. The van der Waals surface area contributed by atoms with E-state index < -0.39 is 8.32 Å². The third kappa shape index (κ3) is 3.60. The van der Waals surface area contributed by atoms with Crippen LogP contribution in [0.25, 0.3) is 5.76 Å². The zero-order valence-corrected chi connectivity index (χ0v) is 10.4. The standard InChI is InChI=1S/C12H15NOSi/c1-10(14-15(2,3)4)12-7-5-11(9-13)6-8-12/h5-8H,1H2,2-4H3. The summed E-state index contributed by atoms with van der Waals surface area (Å²) in [5.41, 5.74) is 1.59. The van der Waals surface area contributed by atoms with Gasteiger partial charge in [-0.1, -0.05) is 18.7 Å². The summed E-state index contributed by atoms with van der Waals surface area (Å²) in [7, 11) is -1.59. The number of rotatable bonds is 3. The van der Waals surface area contributed by atoms with E-state index in [-0.39, 0.29) is 0 Å². The Morgan fingerprint density at radius 2 is 1.80 bits per heavy atom. The first-order valence-electron chi connectivity index (χ1n) is 4.81. The van der Waals surface area contributed by atoms with Gasteiger partial charge < -0.3 is 4.43 Å². The Bertz CT molecular complexity index is 395. The van der Waals surface area contributed by atoms with Crippen molar-refractivity contribution in [3.8, 4) is 6.07 Å². The van der Waals surface area contributed by atoms with Crippen LogP contribution in [-0.4, -0.2) is 8.32 Å². The second kappa shape index (κ2) is 4.33. The molecule has 0 fully saturated rings. The Kier molecular flexibility index (Phi) is 3.33. The number of nitriles is 1. The van der Waals surface area contributed by atoms with Crippen molar-refractivity contribution in [3.63, 3.8) is 0 Å². The van der Waals surface area contributed by atoms with Crippen molar-refractivity contribution in [3.05, 3.63) is 42.0 Å². The highest BCUT2D eigenvalue weighted by Crippen LogP contribution is 2.19. The van der Waals surface area contributed by atoms with E-state index >= 15 is 0 Å². The fourth-order valence-electron chi connectivity index (χ4n) is 1.16. The largest absolute Gasteiger partial charge is 0.544 e. The van der Waals surface area contributed by atoms with Gasteiger partial charge in [0.25, 0.3) is 0 Å². The maximum atomic E-state index is 8.66. The topological polar surface area (TPSA) is 33.0 Å². The lowest BCUT2D eigenvalue weighted by Crippen LogP contribution is -2.24. The molecule has 0 heterocycles. The van der Waals surface area contributed by atoms with E-state index in [0.717, 1.165) is 5.56 Å². The van der Waals surface area contributed by atoms with Gasteiger partial charge in [-0.05, 0) is 31.8 Å². The molecule has 1 aromatic rings. The van der Waals surface area contributed by atoms with Gasteiger partial charge in [-0.3, -0.25) is 0 Å². The first-order chi connectivity index (χ1) is 6.92. The molecule has 0 radical (unpaired) electrons. The smallest absolute Gasteiger partial charge is 0.242 e. The van der Waals surface area contributed by atoms with E-state index in [1.54, 1.807) is 12.1 Å². The molecular formula is C12H15NOSi. The van der Waals surface area contributed by atoms with Crippen molar-refractivity contribution in [1.29, 1.82) is 5.26 Å². The van der Waals surface area contributed by atoms with Crippen LogP contribution in [0, 0.1) is 11.3 Å². The summed E-state index contributed by atoms with van der Waals surface area (Å²) in [6.45, 7) is 10.2. The quantitative estimate of drug-likeness (QED) is 0.574. The van der Waals surface area contributed by atoms with E-state index in [1.165, 1.54) is 0 Å². The second-order valence-electron chi connectivity index (χ2n) is 4.33. The molecule has 3 heteroatoms. The molecule has 78 valence electrons. The lowest BCUT2D eigenvalue weighted by atomic mass is 10.1. The van der Waals surface area contributed by atoms with Gasteiger partial charge in [0, 0.05) is 5.56 Å². The lowest BCUT2D eigenvalue weighted by molar-refractivity contribution is 0.516. The molecule has 1 aromatic carbocycles. The second-order valence-corrected chi connectivity index (χ2v) is 8.76. The minimum absolute atomic E-state index is 0.652. The SMILES string of the molecule is C=C(O[Si](C)(C)C)c1ccc(C#N)cc1. The van der Waals surface area contributed by atoms with Crippen LogP contribution in [0.5, 0.6) is 0 Å². The van der Waals surface area contributed by atoms with Gasteiger partial charge >= 0.3 is 0 Å². The lowest BCUT2D eigenvalue weighted by Gasteiger charge is -2.21. The predicted molar refractivity (Wildman–Crippen MR) is 64.6 cm³/mol. The van der Waals surface area contributed by atoms with Gasteiger partial charge in [-0.25, -0.2) is 0 Å². The van der Waals surface area contributed by atoms with Gasteiger partial charge in [-0.2, -0.15) is 5.26 Å². The number of benzene rings is 1. The Hall–Kier alpha value is -1.53. The van der Waals surface area contributed by atoms with Crippen LogP contribution in [0.2, 0.25) is 19.6 Å². The van der Waals surface area contributed by atoms with Crippen molar-refractivity contribution in [2.75, 3.05) is 0 Å². The van der Waals surface area contributed by atoms with Crippen molar-refractivity contribution in [2.45, 2.75) is 19.6 Å². The van der Waals surface area contributed by atoms with E-state index in [4.69, 9.17) is 9.69 Å². The van der Waals surface area contributed by atoms with E-state index in [9.17, 15) is 0 Å². The predicted octanol–water partition coefficient (Wildman–Crippen LogP) is 3.38. The normalized spacial score (nSPS) is 10.5. The summed E-state index contributed by atoms with van der Waals surface area (Å²) in [6.07, 6.45) is 0. The summed E-state index contributed by atoms with van der Waals surface area (Å²) in [5, 5.41) is 8.66. The van der Waals surface area contributed by atoms with Crippen LogP contribution >= 0.6 is 0 Å². The number of nitrogens with zero attached hydrogens (tertiary/aromatic N) is 1. The number of hydrogen-bond donors (Lipinski definition) is 0. The van der Waals surface area contributed by atoms with Crippen molar-refractivity contribution < 1.29 is 4.43 Å². The maximum Gasteiger partial charge on any atom is 0.242 e. The summed E-state index contributed by atoms with van der Waals surface area (Å²) in [6, 6.07) is 9.35. The Morgan fingerprint density at radius 1 is 1.27 bits per heavy atom. The van der Waals surface area contributed by atoms with E-state index in [2.05, 4.69) is 32.3 Å². The molecular weight excluding hydrogens is 202 g/mol. The molecule has 1 rings (SSSR count). The summed E-state index contributed by atoms with van der Waals surface area (Å²) in [5.74, 6) is 0.693. The molecule has 0 aliphatic heterocycles. The Labute approximate surface area is 91.9 Å². The monoisotopic (exact) mass is 217 g/mol. The van der Waals surface area contributed by atoms with E-state index in [1.807, 2.05) is 12.1 Å². The van der Waals surface area contributed by atoms with Crippen LogP contribution in [0.15, 0.2) is 30.8 Å². The first kappa shape index (κ1) is 11.5. The third-order valence-corrected chi connectivity index (χ3v) is 2.62. The van der Waals surface area contributed by atoms with Gasteiger partial charge in [0.05, 0.1) is 11.6 Å². The summed E-state index contributed by atoms with van der Waals surface area (Å²) >= 11 is 0. The van der Waals surface area contributed by atoms with Crippen molar-refractivity contribution in [2.24, 2.45) is 0 Å². The van der Waals surface area contributed by atoms with E-state index in [0.29, 0.717) is 11.3 Å². The molecule has 0 aliphatic rings. The highest BCUT2D eigenvalue weighted by molar-refractivity contribution is 6.70. The summed E-state index contributed by atoms with van der Waals surface area (Å²) in [4.78, 5) is 0. The average Bonchev–Trinajstić information content (AvgIpc) is 2.15. The Morgan fingerprint density at radius 3 is 2.20 bits per heavy atom. The molecule has 0 aromatic heterocycles. The van der Waals surface area contributed by atoms with Crippen LogP contribution in [-0.2, 0) is 4.43 Å². The minimum Gasteiger partial charge on any atom is -0.544 e. The van der Waals surface area contributed by atoms with Crippen molar-refractivity contribution >= 4 is 14.1 Å². The minimum atomic E-state index is -1.59. The molecule has 0 N–H and O–H groups in total. The van der Waals surface area contributed by atoms with Gasteiger partial charge in [-0.15, -0.1) is 0 Å². The molecule has 0 spiro atoms. The Balaban J connectivity index is 2.80. The highest BCUT2D eigenvalue weighted by Gasteiger charge is 2.17. The zero-order chi connectivity index (χ0) is 11.5. The first-order valence-corrected chi connectivity index (χ1v) is 8.22. The molecule has 0 amide bonds. The van der Waals surface area contributed by atoms with Crippen LogP contribution in [0.1, 0.15) is 11.1 Å². The maximum absolute atomic E-state index is 8.66. The van der Waals surface area contributed by atoms with Gasteiger partial charge in [0.2, 0.25) is 8.32 Å². The van der Waals surface area contributed by atoms with Gasteiger partial charge in [0.15, 0.2) is 0 Å². The fourth-order valence-corrected chi connectivity index (χ4v) is 2.02.